The Morgan fingerprint density at radius 3 is 2.20 bits per heavy atom. The summed E-state index contributed by atoms with van der Waals surface area (Å²) in [6, 6.07) is 14.7. The smallest absolute Gasteiger partial charge is 0.123 e. The minimum absolute atomic E-state index is 0.0471. The molecule has 0 fully saturated rings. The van der Waals surface area contributed by atoms with Gasteiger partial charge in [0.25, 0.3) is 0 Å². The average molecular weight is 272 g/mol. The molecule has 2 aromatic rings. The summed E-state index contributed by atoms with van der Waals surface area (Å²) in [6.07, 6.45) is 0. The van der Waals surface area contributed by atoms with Gasteiger partial charge >= 0.3 is 0 Å². The second-order valence-electron chi connectivity index (χ2n) is 5.68. The Morgan fingerprint density at radius 1 is 1.05 bits per heavy atom. The zero-order valence-corrected chi connectivity index (χ0v) is 12.2. The summed E-state index contributed by atoms with van der Waals surface area (Å²) in [5.74, 6) is 5.58. The third kappa shape index (κ3) is 2.74. The van der Waals surface area contributed by atoms with Crippen molar-refractivity contribution in [3.63, 3.8) is 0 Å². The fraction of sp³-hybridized carbons (Fsp3) is 0.294. The molecule has 0 heterocycles. The van der Waals surface area contributed by atoms with Gasteiger partial charge in [-0.15, -0.1) is 0 Å². The molecule has 0 saturated carbocycles. The van der Waals surface area contributed by atoms with E-state index >= 15 is 0 Å². The lowest BCUT2D eigenvalue weighted by molar-refractivity contribution is 0.351. The van der Waals surface area contributed by atoms with E-state index in [1.807, 2.05) is 24.3 Å². The lowest BCUT2D eigenvalue weighted by atomic mass is 9.74. The molecule has 3 heteroatoms. The number of aryl methyl sites for hydroxylation is 1. The van der Waals surface area contributed by atoms with Crippen molar-refractivity contribution in [2.75, 3.05) is 0 Å². The molecule has 106 valence electrons. The van der Waals surface area contributed by atoms with Crippen LogP contribution in [0, 0.1) is 12.7 Å². The topological polar surface area (TPSA) is 38.0 Å². The minimum Gasteiger partial charge on any atom is -0.271 e. The number of benzene rings is 2. The first-order chi connectivity index (χ1) is 9.46. The van der Waals surface area contributed by atoms with Gasteiger partial charge in [0.1, 0.15) is 5.82 Å². The highest BCUT2D eigenvalue weighted by molar-refractivity contribution is 5.36. The van der Waals surface area contributed by atoms with Crippen molar-refractivity contribution in [3.05, 3.63) is 71.0 Å². The summed E-state index contributed by atoms with van der Waals surface area (Å²) in [7, 11) is 0. The van der Waals surface area contributed by atoms with Gasteiger partial charge in [0.05, 0.1) is 6.04 Å². The van der Waals surface area contributed by atoms with Crippen LogP contribution < -0.4 is 11.3 Å². The van der Waals surface area contributed by atoms with Crippen LogP contribution >= 0.6 is 0 Å². The average Bonchev–Trinajstić information content (AvgIpc) is 2.42. The molecule has 0 amide bonds. The molecule has 0 spiro atoms. The summed E-state index contributed by atoms with van der Waals surface area (Å²) in [5, 5.41) is 0. The summed E-state index contributed by atoms with van der Waals surface area (Å²) >= 11 is 0. The zero-order valence-electron chi connectivity index (χ0n) is 12.2. The molecule has 2 nitrogen and oxygen atoms in total. The summed E-state index contributed by atoms with van der Waals surface area (Å²) < 4.78 is 13.1. The van der Waals surface area contributed by atoms with Crippen molar-refractivity contribution in [1.29, 1.82) is 0 Å². The van der Waals surface area contributed by atoms with Crippen LogP contribution in [-0.4, -0.2) is 0 Å². The monoisotopic (exact) mass is 272 g/mol. The van der Waals surface area contributed by atoms with Crippen LogP contribution in [0.2, 0.25) is 0 Å². The van der Waals surface area contributed by atoms with E-state index in [-0.39, 0.29) is 17.3 Å². The molecule has 1 atom stereocenters. The third-order valence-electron chi connectivity index (χ3n) is 3.98. The lowest BCUT2D eigenvalue weighted by Crippen LogP contribution is -2.41. The molecule has 0 bridgehead atoms. The number of hydrogen-bond donors (Lipinski definition) is 2. The largest absolute Gasteiger partial charge is 0.271 e. The van der Waals surface area contributed by atoms with Gasteiger partial charge in [-0.2, -0.15) is 0 Å². The number of halogens is 1. The van der Waals surface area contributed by atoms with Crippen LogP contribution in [0.4, 0.5) is 4.39 Å². The van der Waals surface area contributed by atoms with E-state index in [0.29, 0.717) is 0 Å². The number of hydrazine groups is 1. The van der Waals surface area contributed by atoms with E-state index in [1.54, 1.807) is 0 Å². The highest BCUT2D eigenvalue weighted by Crippen LogP contribution is 2.37. The van der Waals surface area contributed by atoms with Gasteiger partial charge in [0.2, 0.25) is 0 Å². The Balaban J connectivity index is 2.44. The minimum atomic E-state index is -0.255. The first-order valence-corrected chi connectivity index (χ1v) is 6.74. The molecule has 0 saturated heterocycles. The molecular formula is C17H21FN2. The van der Waals surface area contributed by atoms with Crippen LogP contribution in [0.5, 0.6) is 0 Å². The first-order valence-electron chi connectivity index (χ1n) is 6.74. The maximum absolute atomic E-state index is 13.1. The second kappa shape index (κ2) is 5.73. The Morgan fingerprint density at radius 2 is 1.65 bits per heavy atom. The fourth-order valence-electron chi connectivity index (χ4n) is 2.64. The van der Waals surface area contributed by atoms with Crippen molar-refractivity contribution in [2.45, 2.75) is 32.2 Å². The van der Waals surface area contributed by atoms with Crippen LogP contribution in [0.3, 0.4) is 0 Å². The molecule has 0 aliphatic carbocycles. The highest BCUT2D eigenvalue weighted by atomic mass is 19.1. The molecule has 0 aromatic heterocycles. The molecule has 1 unspecified atom stereocenters. The predicted octanol–water partition coefficient (Wildman–Crippen LogP) is 3.62. The van der Waals surface area contributed by atoms with Gasteiger partial charge in [0, 0.05) is 5.41 Å². The van der Waals surface area contributed by atoms with E-state index in [0.717, 1.165) is 11.1 Å². The van der Waals surface area contributed by atoms with Crippen molar-refractivity contribution >= 4 is 0 Å². The highest BCUT2D eigenvalue weighted by Gasteiger charge is 2.32. The maximum Gasteiger partial charge on any atom is 0.123 e. The molecule has 0 aliphatic heterocycles. The Kier molecular flexibility index (Phi) is 4.21. The second-order valence-corrected chi connectivity index (χ2v) is 5.68. The van der Waals surface area contributed by atoms with Gasteiger partial charge in [0.15, 0.2) is 0 Å². The van der Waals surface area contributed by atoms with Crippen molar-refractivity contribution in [1.82, 2.24) is 5.43 Å². The molecule has 2 rings (SSSR count). The molecule has 2 aromatic carbocycles. The normalized spacial score (nSPS) is 13.2. The standard InChI is InChI=1S/C17H21FN2/c1-12-6-4-5-7-15(12)16(20-19)17(2,3)13-8-10-14(18)11-9-13/h4-11,16,20H,19H2,1-3H3. The van der Waals surface area contributed by atoms with Crippen molar-refractivity contribution < 1.29 is 4.39 Å². The van der Waals surface area contributed by atoms with Gasteiger partial charge in [-0.3, -0.25) is 11.3 Å². The molecular weight excluding hydrogens is 251 g/mol. The van der Waals surface area contributed by atoms with Crippen molar-refractivity contribution in [3.8, 4) is 0 Å². The zero-order chi connectivity index (χ0) is 14.8. The summed E-state index contributed by atoms with van der Waals surface area (Å²) in [4.78, 5) is 0. The SMILES string of the molecule is Cc1ccccc1C(NN)C(C)(C)c1ccc(F)cc1. The summed E-state index contributed by atoms with van der Waals surface area (Å²) in [6.45, 7) is 6.29. The van der Waals surface area contributed by atoms with E-state index < -0.39 is 0 Å². The molecule has 20 heavy (non-hydrogen) atoms. The lowest BCUT2D eigenvalue weighted by Gasteiger charge is -2.35. The van der Waals surface area contributed by atoms with Gasteiger partial charge in [-0.25, -0.2) is 4.39 Å². The van der Waals surface area contributed by atoms with Gasteiger partial charge in [-0.05, 0) is 35.7 Å². The molecule has 0 aliphatic rings. The Bertz CT molecular complexity index is 576. The summed E-state index contributed by atoms with van der Waals surface area (Å²) in [5.41, 5.74) is 6.05. The predicted molar refractivity (Wildman–Crippen MR) is 80.7 cm³/mol. The quantitative estimate of drug-likeness (QED) is 0.659. The Labute approximate surface area is 119 Å². The molecule has 0 radical (unpaired) electrons. The Hall–Kier alpha value is -1.71. The van der Waals surface area contributed by atoms with Gasteiger partial charge in [-0.1, -0.05) is 50.2 Å². The van der Waals surface area contributed by atoms with E-state index in [2.05, 4.69) is 38.3 Å². The van der Waals surface area contributed by atoms with Crippen LogP contribution in [0.25, 0.3) is 0 Å². The van der Waals surface area contributed by atoms with Crippen LogP contribution in [0.15, 0.2) is 48.5 Å². The number of hydrogen-bond acceptors (Lipinski definition) is 2. The van der Waals surface area contributed by atoms with E-state index in [9.17, 15) is 4.39 Å². The molecule has 3 N–H and O–H groups in total. The van der Waals surface area contributed by atoms with Crippen molar-refractivity contribution in [2.24, 2.45) is 5.84 Å². The van der Waals surface area contributed by atoms with E-state index in [4.69, 9.17) is 5.84 Å². The van der Waals surface area contributed by atoms with Crippen LogP contribution in [0.1, 0.15) is 36.6 Å². The number of nitrogens with two attached hydrogens (primary N) is 1. The maximum atomic E-state index is 13.1. The first kappa shape index (κ1) is 14.7. The third-order valence-corrected chi connectivity index (χ3v) is 3.98. The number of rotatable bonds is 4. The van der Waals surface area contributed by atoms with Crippen LogP contribution in [-0.2, 0) is 5.41 Å². The van der Waals surface area contributed by atoms with E-state index in [1.165, 1.54) is 17.7 Å². The van der Waals surface area contributed by atoms with Gasteiger partial charge < -0.3 is 0 Å². The fourth-order valence-corrected chi connectivity index (χ4v) is 2.64. The number of nitrogens with one attached hydrogen (secondary N) is 1.